The number of hydrogen-bond donors (Lipinski definition) is 2. The monoisotopic (exact) mass is 344 g/mol. The zero-order valence-corrected chi connectivity index (χ0v) is 14.5. The first kappa shape index (κ1) is 17.8. The highest BCUT2D eigenvalue weighted by Crippen LogP contribution is 2.14. The summed E-state index contributed by atoms with van der Waals surface area (Å²) in [6.07, 6.45) is 1.60. The molecule has 0 radical (unpaired) electrons. The number of benzene rings is 2. The lowest BCUT2D eigenvalue weighted by atomic mass is 10.2. The summed E-state index contributed by atoms with van der Waals surface area (Å²) >= 11 is 5.79. The van der Waals surface area contributed by atoms with E-state index in [-0.39, 0.29) is 0 Å². The Morgan fingerprint density at radius 3 is 2.29 bits per heavy atom. The topological polar surface area (TPSA) is 56.7 Å². The second kappa shape index (κ2) is 8.93. The number of nitrogens with one attached hydrogen (secondary N) is 2. The Morgan fingerprint density at radius 2 is 1.71 bits per heavy atom. The van der Waals surface area contributed by atoms with Crippen molar-refractivity contribution in [3.8, 4) is 0 Å². The van der Waals surface area contributed by atoms with Gasteiger partial charge in [-0.15, -0.1) is 0 Å². The SMILES string of the molecule is CCN(CC)c1ccc(/C=N\NC(=O)Nc2ccc(Cl)cc2)cc1. The first-order valence-electron chi connectivity index (χ1n) is 7.83. The van der Waals surface area contributed by atoms with Gasteiger partial charge in [-0.25, -0.2) is 10.2 Å². The fraction of sp³-hybridized carbons (Fsp3) is 0.222. The van der Waals surface area contributed by atoms with E-state index in [9.17, 15) is 4.79 Å². The number of hydrazone groups is 1. The molecule has 6 heteroatoms. The van der Waals surface area contributed by atoms with E-state index in [2.05, 4.69) is 34.6 Å². The Morgan fingerprint density at radius 1 is 1.08 bits per heavy atom. The number of carbonyl (C=O) groups is 1. The summed E-state index contributed by atoms with van der Waals surface area (Å²) in [5, 5.41) is 7.23. The number of rotatable bonds is 6. The van der Waals surface area contributed by atoms with E-state index in [1.807, 2.05) is 24.3 Å². The van der Waals surface area contributed by atoms with Gasteiger partial charge in [0.1, 0.15) is 0 Å². The molecule has 0 aliphatic rings. The minimum Gasteiger partial charge on any atom is -0.372 e. The van der Waals surface area contributed by atoms with Crippen LogP contribution >= 0.6 is 11.6 Å². The van der Waals surface area contributed by atoms with Gasteiger partial charge in [0, 0.05) is 29.5 Å². The minimum absolute atomic E-state index is 0.409. The minimum atomic E-state index is -0.409. The molecule has 5 nitrogen and oxygen atoms in total. The Labute approximate surface area is 147 Å². The second-order valence-corrected chi connectivity index (χ2v) is 5.53. The van der Waals surface area contributed by atoms with Gasteiger partial charge < -0.3 is 10.2 Å². The van der Waals surface area contributed by atoms with Crippen LogP contribution in [0.15, 0.2) is 53.6 Å². The lowest BCUT2D eigenvalue weighted by molar-refractivity contribution is 0.252. The largest absolute Gasteiger partial charge is 0.372 e. The Balaban J connectivity index is 1.86. The van der Waals surface area contributed by atoms with Crippen LogP contribution in [-0.2, 0) is 0 Å². The fourth-order valence-corrected chi connectivity index (χ4v) is 2.34. The first-order valence-corrected chi connectivity index (χ1v) is 8.20. The van der Waals surface area contributed by atoms with Crippen molar-refractivity contribution in [2.75, 3.05) is 23.3 Å². The number of anilines is 2. The maximum absolute atomic E-state index is 11.7. The summed E-state index contributed by atoms with van der Waals surface area (Å²) in [7, 11) is 0. The van der Waals surface area contributed by atoms with E-state index in [1.54, 1.807) is 30.5 Å². The Kier molecular flexibility index (Phi) is 6.63. The number of amides is 2. The smallest absolute Gasteiger partial charge is 0.339 e. The van der Waals surface area contributed by atoms with Crippen LogP contribution in [-0.4, -0.2) is 25.3 Å². The summed E-state index contributed by atoms with van der Waals surface area (Å²) < 4.78 is 0. The lowest BCUT2D eigenvalue weighted by Gasteiger charge is -2.20. The number of carbonyl (C=O) groups excluding carboxylic acids is 1. The van der Waals surface area contributed by atoms with Gasteiger partial charge in [-0.05, 0) is 55.8 Å². The summed E-state index contributed by atoms with van der Waals surface area (Å²) in [6, 6.07) is 14.5. The molecule has 0 aliphatic carbocycles. The molecular formula is C18H21ClN4O. The van der Waals surface area contributed by atoms with Crippen LogP contribution in [0, 0.1) is 0 Å². The summed E-state index contributed by atoms with van der Waals surface area (Å²) in [5.41, 5.74) is 5.17. The zero-order valence-electron chi connectivity index (χ0n) is 13.8. The normalized spacial score (nSPS) is 10.6. The van der Waals surface area contributed by atoms with E-state index in [0.29, 0.717) is 10.7 Å². The molecular weight excluding hydrogens is 324 g/mol. The third kappa shape index (κ3) is 5.28. The number of hydrogen-bond acceptors (Lipinski definition) is 3. The van der Waals surface area contributed by atoms with E-state index in [0.717, 1.165) is 18.7 Å². The van der Waals surface area contributed by atoms with Gasteiger partial charge in [-0.1, -0.05) is 23.7 Å². The van der Waals surface area contributed by atoms with E-state index >= 15 is 0 Å². The Bertz CT molecular complexity index is 679. The highest BCUT2D eigenvalue weighted by molar-refractivity contribution is 6.30. The van der Waals surface area contributed by atoms with Crippen LogP contribution < -0.4 is 15.6 Å². The van der Waals surface area contributed by atoms with Crippen molar-refractivity contribution in [2.45, 2.75) is 13.8 Å². The molecule has 0 unspecified atom stereocenters. The summed E-state index contributed by atoms with van der Waals surface area (Å²) in [4.78, 5) is 14.0. The van der Waals surface area contributed by atoms with Gasteiger partial charge in [0.2, 0.25) is 0 Å². The number of nitrogens with zero attached hydrogens (tertiary/aromatic N) is 2. The molecule has 2 aromatic rings. The second-order valence-electron chi connectivity index (χ2n) is 5.09. The van der Waals surface area contributed by atoms with Gasteiger partial charge in [0.15, 0.2) is 0 Å². The first-order chi connectivity index (χ1) is 11.6. The van der Waals surface area contributed by atoms with Crippen LogP contribution in [0.25, 0.3) is 0 Å². The highest BCUT2D eigenvalue weighted by Gasteiger charge is 2.01. The highest BCUT2D eigenvalue weighted by atomic mass is 35.5. The van der Waals surface area contributed by atoms with Gasteiger partial charge >= 0.3 is 6.03 Å². The van der Waals surface area contributed by atoms with E-state index in [1.165, 1.54) is 5.69 Å². The molecule has 0 saturated carbocycles. The van der Waals surface area contributed by atoms with Crippen LogP contribution in [0.1, 0.15) is 19.4 Å². The molecule has 2 rings (SSSR count). The zero-order chi connectivity index (χ0) is 17.4. The lowest BCUT2D eigenvalue weighted by Crippen LogP contribution is -2.24. The van der Waals surface area contributed by atoms with Crippen molar-refractivity contribution in [2.24, 2.45) is 5.10 Å². The third-order valence-electron chi connectivity index (χ3n) is 3.50. The van der Waals surface area contributed by atoms with Crippen molar-refractivity contribution in [3.05, 3.63) is 59.1 Å². The molecule has 0 fully saturated rings. The van der Waals surface area contributed by atoms with Crippen molar-refractivity contribution < 1.29 is 4.79 Å². The molecule has 126 valence electrons. The molecule has 2 amide bonds. The predicted molar refractivity (Wildman–Crippen MR) is 101 cm³/mol. The van der Waals surface area contributed by atoms with Crippen LogP contribution in [0.5, 0.6) is 0 Å². The summed E-state index contributed by atoms with van der Waals surface area (Å²) in [6.45, 7) is 6.19. The molecule has 0 heterocycles. The van der Waals surface area contributed by atoms with Crippen molar-refractivity contribution in [1.82, 2.24) is 5.43 Å². The predicted octanol–water partition coefficient (Wildman–Crippen LogP) is 4.34. The quantitative estimate of drug-likeness (QED) is 0.605. The third-order valence-corrected chi connectivity index (χ3v) is 3.76. The Hall–Kier alpha value is -2.53. The summed E-state index contributed by atoms with van der Waals surface area (Å²) in [5.74, 6) is 0. The van der Waals surface area contributed by atoms with Crippen LogP contribution in [0.2, 0.25) is 5.02 Å². The van der Waals surface area contributed by atoms with E-state index < -0.39 is 6.03 Å². The van der Waals surface area contributed by atoms with Gasteiger partial charge in [-0.3, -0.25) is 0 Å². The molecule has 0 aliphatic heterocycles. The number of halogens is 1. The molecule has 0 aromatic heterocycles. The number of urea groups is 1. The standard InChI is InChI=1S/C18H21ClN4O/c1-3-23(4-2)17-11-5-14(6-12-17)13-20-22-18(24)21-16-9-7-15(19)8-10-16/h5-13H,3-4H2,1-2H3,(H2,21,22,24)/b20-13-. The molecule has 0 atom stereocenters. The van der Waals surface area contributed by atoms with E-state index in [4.69, 9.17) is 11.6 Å². The van der Waals surface area contributed by atoms with Gasteiger partial charge in [0.25, 0.3) is 0 Å². The fourth-order valence-electron chi connectivity index (χ4n) is 2.22. The maximum Gasteiger partial charge on any atom is 0.339 e. The molecule has 24 heavy (non-hydrogen) atoms. The van der Waals surface area contributed by atoms with Crippen LogP contribution in [0.4, 0.5) is 16.2 Å². The average molecular weight is 345 g/mol. The maximum atomic E-state index is 11.7. The molecule has 2 N–H and O–H groups in total. The van der Waals surface area contributed by atoms with Crippen molar-refractivity contribution in [1.29, 1.82) is 0 Å². The molecule has 0 spiro atoms. The molecule has 2 aromatic carbocycles. The van der Waals surface area contributed by atoms with Crippen molar-refractivity contribution >= 4 is 35.2 Å². The van der Waals surface area contributed by atoms with Crippen molar-refractivity contribution in [3.63, 3.8) is 0 Å². The molecule has 0 bridgehead atoms. The average Bonchev–Trinajstić information content (AvgIpc) is 2.59. The van der Waals surface area contributed by atoms with Crippen LogP contribution in [0.3, 0.4) is 0 Å². The van der Waals surface area contributed by atoms with Gasteiger partial charge in [0.05, 0.1) is 6.21 Å². The van der Waals surface area contributed by atoms with Gasteiger partial charge in [-0.2, -0.15) is 5.10 Å². The molecule has 0 saturated heterocycles.